The second-order valence-corrected chi connectivity index (χ2v) is 8.42. The molecule has 0 radical (unpaired) electrons. The van der Waals surface area contributed by atoms with E-state index in [-0.39, 0.29) is 17.9 Å². The van der Waals surface area contributed by atoms with Crippen LogP contribution in [0, 0.1) is 11.3 Å². The molecule has 3 aromatic rings. The molecular formula is C29H24ClF3N2O3. The lowest BCUT2D eigenvalue weighted by Crippen LogP contribution is -2.14. The standard InChI is InChI=1S/C29H24ClF3N2O3/c1-3-8-20-13-19(15-26(37-4-2)27(20)38-18-21-9-5-6-12-25(21)30)14-22(17-34)28(36)35-24-11-7-10-23(16-24)29(31,32)33/h3,5-7,9-16H,1,4,8,18H2,2H3,(H,35,36)/b22-14+. The van der Waals surface area contributed by atoms with Gasteiger partial charge in [0, 0.05) is 21.8 Å². The molecule has 0 saturated heterocycles. The molecule has 1 N–H and O–H groups in total. The number of nitrogens with one attached hydrogen (secondary N) is 1. The number of rotatable bonds is 10. The molecule has 0 saturated carbocycles. The number of carbonyl (C=O) groups excluding carboxylic acids is 1. The lowest BCUT2D eigenvalue weighted by molar-refractivity contribution is -0.137. The van der Waals surface area contributed by atoms with E-state index >= 15 is 0 Å². The number of halogens is 4. The number of hydrogen-bond acceptors (Lipinski definition) is 4. The van der Waals surface area contributed by atoms with E-state index in [4.69, 9.17) is 21.1 Å². The maximum Gasteiger partial charge on any atom is 0.416 e. The van der Waals surface area contributed by atoms with Crippen molar-refractivity contribution in [2.75, 3.05) is 11.9 Å². The van der Waals surface area contributed by atoms with Crippen LogP contribution in [0.15, 0.2) is 78.9 Å². The van der Waals surface area contributed by atoms with Gasteiger partial charge in [0.25, 0.3) is 5.91 Å². The van der Waals surface area contributed by atoms with Gasteiger partial charge in [-0.1, -0.05) is 41.9 Å². The number of alkyl halides is 3. The summed E-state index contributed by atoms with van der Waals surface area (Å²) in [5, 5.41) is 12.5. The molecule has 0 atom stereocenters. The lowest BCUT2D eigenvalue weighted by Gasteiger charge is -2.17. The molecule has 0 fully saturated rings. The van der Waals surface area contributed by atoms with Gasteiger partial charge in [-0.2, -0.15) is 18.4 Å². The molecule has 196 valence electrons. The predicted octanol–water partition coefficient (Wildman–Crippen LogP) is 7.61. The molecule has 0 aromatic heterocycles. The van der Waals surface area contributed by atoms with Gasteiger partial charge in [0.15, 0.2) is 11.5 Å². The molecular weight excluding hydrogens is 517 g/mol. The minimum atomic E-state index is -4.57. The zero-order valence-corrected chi connectivity index (χ0v) is 21.2. The molecule has 3 rings (SSSR count). The zero-order valence-electron chi connectivity index (χ0n) is 20.4. The zero-order chi connectivity index (χ0) is 27.7. The van der Waals surface area contributed by atoms with Gasteiger partial charge in [-0.25, -0.2) is 0 Å². The molecule has 3 aromatic carbocycles. The number of hydrogen-bond donors (Lipinski definition) is 1. The van der Waals surface area contributed by atoms with Crippen molar-refractivity contribution < 1.29 is 27.4 Å². The summed E-state index contributed by atoms with van der Waals surface area (Å²) in [6, 6.07) is 16.6. The SMILES string of the molecule is C=CCc1cc(/C=C(\C#N)C(=O)Nc2cccc(C(F)(F)F)c2)cc(OCC)c1OCc1ccccc1Cl. The molecule has 0 aliphatic heterocycles. The smallest absolute Gasteiger partial charge is 0.416 e. The third-order valence-corrected chi connectivity index (χ3v) is 5.64. The number of nitrogens with zero attached hydrogens (tertiary/aromatic N) is 1. The van der Waals surface area contributed by atoms with E-state index < -0.39 is 17.6 Å². The van der Waals surface area contributed by atoms with Crippen LogP contribution >= 0.6 is 11.6 Å². The number of benzene rings is 3. The molecule has 0 heterocycles. The highest BCUT2D eigenvalue weighted by molar-refractivity contribution is 6.31. The summed E-state index contributed by atoms with van der Waals surface area (Å²) in [6.07, 6.45) is -1.16. The van der Waals surface area contributed by atoms with Crippen molar-refractivity contribution in [3.8, 4) is 17.6 Å². The van der Waals surface area contributed by atoms with Crippen LogP contribution in [0.5, 0.6) is 11.5 Å². The third kappa shape index (κ3) is 7.40. The van der Waals surface area contributed by atoms with E-state index in [2.05, 4.69) is 11.9 Å². The van der Waals surface area contributed by atoms with Gasteiger partial charge in [-0.05, 0) is 61.4 Å². The second-order valence-electron chi connectivity index (χ2n) is 8.02. The Morgan fingerprint density at radius 3 is 2.53 bits per heavy atom. The maximum absolute atomic E-state index is 13.0. The van der Waals surface area contributed by atoms with Crippen LogP contribution in [0.1, 0.15) is 29.2 Å². The van der Waals surface area contributed by atoms with Gasteiger partial charge in [-0.3, -0.25) is 4.79 Å². The minimum Gasteiger partial charge on any atom is -0.490 e. The minimum absolute atomic E-state index is 0.0864. The Hall–Kier alpha value is -4.22. The Morgan fingerprint density at radius 2 is 1.87 bits per heavy atom. The van der Waals surface area contributed by atoms with Gasteiger partial charge in [0.2, 0.25) is 0 Å². The lowest BCUT2D eigenvalue weighted by atomic mass is 10.0. The van der Waals surface area contributed by atoms with Gasteiger partial charge >= 0.3 is 6.18 Å². The Morgan fingerprint density at radius 1 is 1.11 bits per heavy atom. The summed E-state index contributed by atoms with van der Waals surface area (Å²) in [7, 11) is 0. The summed E-state index contributed by atoms with van der Waals surface area (Å²) < 4.78 is 50.9. The Labute approximate surface area is 223 Å². The first-order valence-electron chi connectivity index (χ1n) is 11.5. The largest absolute Gasteiger partial charge is 0.490 e. The van der Waals surface area contributed by atoms with Crippen molar-refractivity contribution in [2.45, 2.75) is 26.1 Å². The fraction of sp³-hybridized carbons (Fsp3) is 0.172. The molecule has 0 spiro atoms. The van der Waals surface area contributed by atoms with Gasteiger partial charge < -0.3 is 14.8 Å². The highest BCUT2D eigenvalue weighted by Crippen LogP contribution is 2.36. The average Bonchev–Trinajstić information content (AvgIpc) is 2.87. The maximum atomic E-state index is 13.0. The summed E-state index contributed by atoms with van der Waals surface area (Å²) in [6.45, 7) is 6.09. The molecule has 5 nitrogen and oxygen atoms in total. The van der Waals surface area contributed by atoms with Crippen molar-refractivity contribution in [3.05, 3.63) is 106 Å². The normalized spacial score (nSPS) is 11.4. The number of ether oxygens (including phenoxy) is 2. The van der Waals surface area contributed by atoms with Gasteiger partial charge in [0.05, 0.1) is 12.2 Å². The summed E-state index contributed by atoms with van der Waals surface area (Å²) in [5.41, 5.74) is 0.630. The third-order valence-electron chi connectivity index (χ3n) is 5.27. The van der Waals surface area contributed by atoms with Crippen LogP contribution < -0.4 is 14.8 Å². The summed E-state index contributed by atoms with van der Waals surface area (Å²) in [4.78, 5) is 12.7. The fourth-order valence-electron chi connectivity index (χ4n) is 3.55. The number of allylic oxidation sites excluding steroid dienone is 1. The summed E-state index contributed by atoms with van der Waals surface area (Å²) >= 11 is 6.25. The van der Waals surface area contributed by atoms with Crippen LogP contribution in [-0.2, 0) is 24.0 Å². The average molecular weight is 541 g/mol. The molecule has 1 amide bonds. The molecule has 0 unspecified atom stereocenters. The van der Waals surface area contributed by atoms with Crippen molar-refractivity contribution in [1.82, 2.24) is 0 Å². The van der Waals surface area contributed by atoms with Crippen LogP contribution in [-0.4, -0.2) is 12.5 Å². The topological polar surface area (TPSA) is 71.4 Å². The molecule has 0 aliphatic carbocycles. The quantitative estimate of drug-likeness (QED) is 0.163. The Kier molecular flexibility index (Phi) is 9.58. The van der Waals surface area contributed by atoms with Crippen LogP contribution in [0.2, 0.25) is 5.02 Å². The van der Waals surface area contributed by atoms with Gasteiger partial charge in [-0.15, -0.1) is 6.58 Å². The van der Waals surface area contributed by atoms with E-state index in [1.54, 1.807) is 37.3 Å². The molecule has 9 heteroatoms. The Bertz CT molecular complexity index is 1390. The van der Waals surface area contributed by atoms with E-state index in [1.165, 1.54) is 18.2 Å². The highest BCUT2D eigenvalue weighted by Gasteiger charge is 2.30. The second kappa shape index (κ2) is 12.8. The first kappa shape index (κ1) is 28.4. The number of anilines is 1. The van der Waals surface area contributed by atoms with Crippen LogP contribution in [0.25, 0.3) is 6.08 Å². The van der Waals surface area contributed by atoms with Gasteiger partial charge in [0.1, 0.15) is 18.2 Å². The van der Waals surface area contributed by atoms with E-state index in [1.807, 2.05) is 18.2 Å². The van der Waals surface area contributed by atoms with E-state index in [0.29, 0.717) is 40.7 Å². The van der Waals surface area contributed by atoms with Crippen molar-refractivity contribution in [1.29, 1.82) is 5.26 Å². The fourth-order valence-corrected chi connectivity index (χ4v) is 3.74. The van der Waals surface area contributed by atoms with E-state index in [9.17, 15) is 23.2 Å². The van der Waals surface area contributed by atoms with Crippen LogP contribution in [0.4, 0.5) is 18.9 Å². The van der Waals surface area contributed by atoms with Crippen molar-refractivity contribution >= 4 is 29.3 Å². The monoisotopic (exact) mass is 540 g/mol. The number of carbonyl (C=O) groups is 1. The molecule has 38 heavy (non-hydrogen) atoms. The summed E-state index contributed by atoms with van der Waals surface area (Å²) in [5.74, 6) is 0.00516. The highest BCUT2D eigenvalue weighted by atomic mass is 35.5. The predicted molar refractivity (Wildman–Crippen MR) is 141 cm³/mol. The number of amides is 1. The van der Waals surface area contributed by atoms with Crippen LogP contribution in [0.3, 0.4) is 0 Å². The Balaban J connectivity index is 1.93. The molecule has 0 aliphatic rings. The molecule has 0 bridgehead atoms. The number of nitriles is 1. The van der Waals surface area contributed by atoms with E-state index in [0.717, 1.165) is 17.7 Å². The van der Waals surface area contributed by atoms with Crippen molar-refractivity contribution in [2.24, 2.45) is 0 Å². The first-order valence-corrected chi connectivity index (χ1v) is 11.9. The first-order chi connectivity index (χ1) is 18.2. The van der Waals surface area contributed by atoms with Crippen molar-refractivity contribution in [3.63, 3.8) is 0 Å².